The molecule has 1 aromatic heterocycles. The largest absolute Gasteiger partial charge is 0.433 e. The Bertz CT molecular complexity index is 486. The summed E-state index contributed by atoms with van der Waals surface area (Å²) in [6.45, 7) is 3.69. The summed E-state index contributed by atoms with van der Waals surface area (Å²) in [4.78, 5) is 14.9. The Morgan fingerprint density at radius 3 is 2.52 bits per heavy atom. The standard InChI is InChI=1S/C15H21F3N2O/c1-3-4-5-6-12-11(9-10(2)14(19)21)7-8-13(20-12)15(16,17)18/h7-8,10H,3-6,9H2,1-2H3,(H2,19,21). The van der Waals surface area contributed by atoms with Gasteiger partial charge in [0.1, 0.15) is 5.69 Å². The van der Waals surface area contributed by atoms with Crippen LogP contribution in [0.15, 0.2) is 12.1 Å². The molecule has 0 aliphatic heterocycles. The van der Waals surface area contributed by atoms with Crippen molar-refractivity contribution in [1.82, 2.24) is 4.98 Å². The Hall–Kier alpha value is -1.59. The first-order valence-electron chi connectivity index (χ1n) is 7.11. The molecule has 0 radical (unpaired) electrons. The molecule has 1 heterocycles. The SMILES string of the molecule is CCCCCc1nc(C(F)(F)F)ccc1CC(C)C(N)=O. The van der Waals surface area contributed by atoms with Gasteiger partial charge in [0, 0.05) is 11.6 Å². The van der Waals surface area contributed by atoms with Gasteiger partial charge in [0.25, 0.3) is 0 Å². The maximum absolute atomic E-state index is 12.7. The van der Waals surface area contributed by atoms with Crippen molar-refractivity contribution >= 4 is 5.91 Å². The van der Waals surface area contributed by atoms with Crippen LogP contribution in [0.3, 0.4) is 0 Å². The highest BCUT2D eigenvalue weighted by Crippen LogP contribution is 2.29. The average molecular weight is 302 g/mol. The zero-order chi connectivity index (χ0) is 16.0. The van der Waals surface area contributed by atoms with Gasteiger partial charge < -0.3 is 5.73 Å². The van der Waals surface area contributed by atoms with Crippen LogP contribution in [0.2, 0.25) is 0 Å². The molecule has 0 aliphatic rings. The van der Waals surface area contributed by atoms with Gasteiger partial charge in [0.15, 0.2) is 0 Å². The van der Waals surface area contributed by atoms with Crippen molar-refractivity contribution in [3.05, 3.63) is 29.1 Å². The summed E-state index contributed by atoms with van der Waals surface area (Å²) in [5, 5.41) is 0. The van der Waals surface area contributed by atoms with Gasteiger partial charge in [-0.25, -0.2) is 4.98 Å². The summed E-state index contributed by atoms with van der Waals surface area (Å²) >= 11 is 0. The molecule has 1 rings (SSSR count). The lowest BCUT2D eigenvalue weighted by molar-refractivity contribution is -0.141. The Labute approximate surface area is 122 Å². The zero-order valence-electron chi connectivity index (χ0n) is 12.3. The number of rotatable bonds is 7. The fraction of sp³-hybridized carbons (Fsp3) is 0.600. The van der Waals surface area contributed by atoms with Gasteiger partial charge in [0.2, 0.25) is 5.91 Å². The number of carbonyl (C=O) groups excluding carboxylic acids is 1. The first-order valence-corrected chi connectivity index (χ1v) is 7.11. The second-order valence-electron chi connectivity index (χ2n) is 5.26. The predicted octanol–water partition coefficient (Wildman–Crippen LogP) is 3.50. The number of primary amides is 1. The Morgan fingerprint density at radius 2 is 2.00 bits per heavy atom. The molecular formula is C15H21F3N2O. The Kier molecular flexibility index (Phi) is 6.18. The van der Waals surface area contributed by atoms with E-state index in [1.807, 2.05) is 6.92 Å². The summed E-state index contributed by atoms with van der Waals surface area (Å²) < 4.78 is 38.2. The molecule has 0 aliphatic carbocycles. The number of pyridine rings is 1. The molecule has 6 heteroatoms. The molecule has 1 unspecified atom stereocenters. The van der Waals surface area contributed by atoms with Crippen LogP contribution in [0.1, 0.15) is 50.1 Å². The Balaban J connectivity index is 3.02. The lowest BCUT2D eigenvalue weighted by atomic mass is 9.96. The van der Waals surface area contributed by atoms with Crippen molar-refractivity contribution in [1.29, 1.82) is 0 Å². The summed E-state index contributed by atoms with van der Waals surface area (Å²) in [7, 11) is 0. The number of hydrogen-bond donors (Lipinski definition) is 1. The Morgan fingerprint density at radius 1 is 1.33 bits per heavy atom. The number of carbonyl (C=O) groups is 1. The maximum atomic E-state index is 12.7. The van der Waals surface area contributed by atoms with E-state index in [1.165, 1.54) is 6.07 Å². The minimum Gasteiger partial charge on any atom is -0.369 e. The number of hydrogen-bond acceptors (Lipinski definition) is 2. The van der Waals surface area contributed by atoms with E-state index in [9.17, 15) is 18.0 Å². The molecule has 0 saturated heterocycles. The van der Waals surface area contributed by atoms with Crippen molar-refractivity contribution in [3.8, 4) is 0 Å². The number of alkyl halides is 3. The topological polar surface area (TPSA) is 56.0 Å². The molecule has 1 amide bonds. The van der Waals surface area contributed by atoms with Crippen LogP contribution in [-0.4, -0.2) is 10.9 Å². The number of halogens is 3. The van der Waals surface area contributed by atoms with Gasteiger partial charge in [0.05, 0.1) is 0 Å². The van der Waals surface area contributed by atoms with Crippen LogP contribution in [0.5, 0.6) is 0 Å². The van der Waals surface area contributed by atoms with Crippen LogP contribution in [-0.2, 0) is 23.8 Å². The number of nitrogens with zero attached hydrogens (tertiary/aromatic N) is 1. The van der Waals surface area contributed by atoms with E-state index in [4.69, 9.17) is 5.73 Å². The number of aryl methyl sites for hydroxylation is 1. The van der Waals surface area contributed by atoms with Crippen LogP contribution in [0, 0.1) is 5.92 Å². The minimum absolute atomic E-state index is 0.321. The molecule has 0 saturated carbocycles. The van der Waals surface area contributed by atoms with E-state index in [2.05, 4.69) is 4.98 Å². The predicted molar refractivity (Wildman–Crippen MR) is 74.5 cm³/mol. The van der Waals surface area contributed by atoms with Crippen molar-refractivity contribution in [2.45, 2.75) is 52.1 Å². The van der Waals surface area contributed by atoms with E-state index in [-0.39, 0.29) is 0 Å². The van der Waals surface area contributed by atoms with Gasteiger partial charge in [-0.1, -0.05) is 32.8 Å². The van der Waals surface area contributed by atoms with E-state index < -0.39 is 23.7 Å². The smallest absolute Gasteiger partial charge is 0.369 e. The van der Waals surface area contributed by atoms with Crippen molar-refractivity contribution in [2.24, 2.45) is 11.7 Å². The molecule has 2 N–H and O–H groups in total. The molecule has 118 valence electrons. The van der Waals surface area contributed by atoms with Crippen LogP contribution >= 0.6 is 0 Å². The van der Waals surface area contributed by atoms with Crippen molar-refractivity contribution in [2.75, 3.05) is 0 Å². The number of amides is 1. The minimum atomic E-state index is -4.45. The van der Waals surface area contributed by atoms with Crippen LogP contribution in [0.4, 0.5) is 13.2 Å². The van der Waals surface area contributed by atoms with E-state index in [1.54, 1.807) is 6.92 Å². The summed E-state index contributed by atoms with van der Waals surface area (Å²) in [6.07, 6.45) is -0.953. The average Bonchev–Trinajstić information content (AvgIpc) is 2.39. The molecule has 3 nitrogen and oxygen atoms in total. The van der Waals surface area contributed by atoms with Crippen LogP contribution < -0.4 is 5.73 Å². The van der Waals surface area contributed by atoms with Gasteiger partial charge in [-0.2, -0.15) is 13.2 Å². The second kappa shape index (κ2) is 7.43. The first kappa shape index (κ1) is 17.5. The number of nitrogens with two attached hydrogens (primary N) is 1. The van der Waals surface area contributed by atoms with Crippen LogP contribution in [0.25, 0.3) is 0 Å². The van der Waals surface area contributed by atoms with E-state index in [0.717, 1.165) is 25.3 Å². The molecule has 0 spiro atoms. The molecule has 0 fully saturated rings. The maximum Gasteiger partial charge on any atom is 0.433 e. The normalized spacial score (nSPS) is 13.2. The molecule has 1 atom stereocenters. The highest BCUT2D eigenvalue weighted by atomic mass is 19.4. The van der Waals surface area contributed by atoms with Gasteiger partial charge >= 0.3 is 6.18 Å². The molecule has 0 bridgehead atoms. The fourth-order valence-electron chi connectivity index (χ4n) is 2.06. The lowest BCUT2D eigenvalue weighted by Crippen LogP contribution is -2.23. The van der Waals surface area contributed by atoms with Gasteiger partial charge in [-0.05, 0) is 30.9 Å². The molecular weight excluding hydrogens is 281 g/mol. The monoisotopic (exact) mass is 302 g/mol. The third kappa shape index (κ3) is 5.36. The van der Waals surface area contributed by atoms with Crippen molar-refractivity contribution in [3.63, 3.8) is 0 Å². The molecule has 21 heavy (non-hydrogen) atoms. The molecule has 1 aromatic rings. The van der Waals surface area contributed by atoms with E-state index >= 15 is 0 Å². The zero-order valence-corrected chi connectivity index (χ0v) is 12.3. The third-order valence-electron chi connectivity index (χ3n) is 3.39. The molecule has 0 aromatic carbocycles. The van der Waals surface area contributed by atoms with Gasteiger partial charge in [-0.15, -0.1) is 0 Å². The second-order valence-corrected chi connectivity index (χ2v) is 5.26. The van der Waals surface area contributed by atoms with Crippen molar-refractivity contribution < 1.29 is 18.0 Å². The lowest BCUT2D eigenvalue weighted by Gasteiger charge is -2.14. The summed E-state index contributed by atoms with van der Waals surface area (Å²) in [5.41, 5.74) is 5.42. The van der Waals surface area contributed by atoms with Gasteiger partial charge in [-0.3, -0.25) is 4.79 Å². The summed E-state index contributed by atoms with van der Waals surface area (Å²) in [6, 6.07) is 2.38. The quantitative estimate of drug-likeness (QED) is 0.784. The number of unbranched alkanes of at least 4 members (excludes halogenated alkanes) is 2. The fourth-order valence-corrected chi connectivity index (χ4v) is 2.06. The highest BCUT2D eigenvalue weighted by molar-refractivity contribution is 5.76. The third-order valence-corrected chi connectivity index (χ3v) is 3.39. The summed E-state index contributed by atoms with van der Waals surface area (Å²) in [5.74, 6) is -0.886. The highest BCUT2D eigenvalue weighted by Gasteiger charge is 2.33. The number of aromatic nitrogens is 1. The van der Waals surface area contributed by atoms with E-state index in [0.29, 0.717) is 24.1 Å². The first-order chi connectivity index (χ1) is 9.75.